The number of carbonyl (C=O) groups excluding carboxylic acids is 2. The van der Waals surface area contributed by atoms with Gasteiger partial charge < -0.3 is 0 Å². The highest BCUT2D eigenvalue weighted by molar-refractivity contribution is 5.88. The molecule has 0 saturated heterocycles. The minimum absolute atomic E-state index is 0.209. The largest absolute Gasteiger partial charge is 0.299 e. The Labute approximate surface area is 103 Å². The van der Waals surface area contributed by atoms with Crippen molar-refractivity contribution in [1.29, 1.82) is 0 Å². The molecule has 1 saturated carbocycles. The fourth-order valence-corrected chi connectivity index (χ4v) is 3.62. The average molecular weight is 234 g/mol. The molecule has 2 aliphatic rings. The first-order chi connectivity index (χ1) is 7.99. The molecule has 17 heavy (non-hydrogen) atoms. The molecule has 2 aliphatic carbocycles. The van der Waals surface area contributed by atoms with E-state index in [4.69, 9.17) is 0 Å². The predicted molar refractivity (Wildman–Crippen MR) is 67.5 cm³/mol. The van der Waals surface area contributed by atoms with Gasteiger partial charge in [-0.2, -0.15) is 0 Å². The first kappa shape index (κ1) is 12.5. The molecule has 0 aliphatic heterocycles. The Balaban J connectivity index is 2.40. The molecular weight excluding hydrogens is 212 g/mol. The van der Waals surface area contributed by atoms with Gasteiger partial charge in [0.05, 0.1) is 0 Å². The topological polar surface area (TPSA) is 34.1 Å². The van der Waals surface area contributed by atoms with Crippen LogP contribution in [0, 0.1) is 23.2 Å². The van der Waals surface area contributed by atoms with Crippen molar-refractivity contribution in [3.63, 3.8) is 0 Å². The van der Waals surface area contributed by atoms with Crippen molar-refractivity contribution in [2.45, 2.75) is 46.5 Å². The Morgan fingerprint density at radius 3 is 2.71 bits per heavy atom. The molecule has 3 atom stereocenters. The van der Waals surface area contributed by atoms with E-state index in [1.54, 1.807) is 0 Å². The van der Waals surface area contributed by atoms with Crippen LogP contribution in [0.2, 0.25) is 0 Å². The molecule has 0 radical (unpaired) electrons. The summed E-state index contributed by atoms with van der Waals surface area (Å²) in [5.41, 5.74) is 0.624. The normalized spacial score (nSPS) is 37.6. The van der Waals surface area contributed by atoms with Gasteiger partial charge in [0, 0.05) is 11.8 Å². The zero-order chi connectivity index (χ0) is 12.6. The summed E-state index contributed by atoms with van der Waals surface area (Å²) in [6.07, 6.45) is 6.33. The minimum Gasteiger partial charge on any atom is -0.299 e. The van der Waals surface area contributed by atoms with Gasteiger partial charge in [-0.15, -0.1) is 0 Å². The molecule has 2 nitrogen and oxygen atoms in total. The Morgan fingerprint density at radius 1 is 1.41 bits per heavy atom. The van der Waals surface area contributed by atoms with Gasteiger partial charge in [0.2, 0.25) is 0 Å². The third-order valence-corrected chi connectivity index (χ3v) is 4.87. The summed E-state index contributed by atoms with van der Waals surface area (Å²) in [6.45, 7) is 6.55. The van der Waals surface area contributed by atoms with E-state index < -0.39 is 0 Å². The quantitative estimate of drug-likeness (QED) is 0.688. The van der Waals surface area contributed by atoms with Crippen molar-refractivity contribution in [1.82, 2.24) is 0 Å². The Kier molecular flexibility index (Phi) is 3.24. The molecule has 2 heteroatoms. The first-order valence-corrected chi connectivity index (χ1v) is 6.68. The van der Waals surface area contributed by atoms with Gasteiger partial charge in [0.15, 0.2) is 0 Å². The van der Waals surface area contributed by atoms with E-state index in [9.17, 15) is 9.59 Å². The zero-order valence-corrected chi connectivity index (χ0v) is 11.0. The van der Waals surface area contributed by atoms with E-state index in [-0.39, 0.29) is 11.3 Å². The number of ketones is 1. The number of hydrogen-bond acceptors (Lipinski definition) is 2. The van der Waals surface area contributed by atoms with E-state index in [1.165, 1.54) is 0 Å². The molecule has 0 amide bonds. The fourth-order valence-electron chi connectivity index (χ4n) is 3.62. The van der Waals surface area contributed by atoms with E-state index in [0.29, 0.717) is 30.5 Å². The molecule has 0 unspecified atom stereocenters. The maximum Gasteiger partial charge on any atom is 0.145 e. The Morgan fingerprint density at radius 2 is 2.12 bits per heavy atom. The number of hydrogen-bond donors (Lipinski definition) is 0. The van der Waals surface area contributed by atoms with Crippen LogP contribution in [0.1, 0.15) is 46.5 Å². The smallest absolute Gasteiger partial charge is 0.145 e. The van der Waals surface area contributed by atoms with Crippen molar-refractivity contribution >= 4 is 12.1 Å². The van der Waals surface area contributed by atoms with Crippen LogP contribution < -0.4 is 0 Å². The lowest BCUT2D eigenvalue weighted by Gasteiger charge is -2.31. The summed E-state index contributed by atoms with van der Waals surface area (Å²) >= 11 is 0. The highest BCUT2D eigenvalue weighted by Gasteiger charge is 2.49. The molecule has 0 aromatic carbocycles. The van der Waals surface area contributed by atoms with Crippen molar-refractivity contribution in [2.75, 3.05) is 0 Å². The van der Waals surface area contributed by atoms with Crippen LogP contribution in [0.15, 0.2) is 11.6 Å². The standard InChI is InChI=1S/C15H22O2/c1-10(2)12-6-7-15(3)13(12)8-11(9-16)4-5-14(15)17/h8-10,12-13H,4-7H2,1-3H3/t12-,13-,15+/m1/s1. The molecule has 94 valence electrons. The minimum atomic E-state index is -0.209. The average Bonchev–Trinajstić information content (AvgIpc) is 2.57. The lowest BCUT2D eigenvalue weighted by atomic mass is 9.72. The lowest BCUT2D eigenvalue weighted by Crippen LogP contribution is -2.32. The second kappa shape index (κ2) is 4.40. The summed E-state index contributed by atoms with van der Waals surface area (Å²) in [5.74, 6) is 1.77. The van der Waals surface area contributed by atoms with Crippen molar-refractivity contribution in [2.24, 2.45) is 23.2 Å². The Hall–Kier alpha value is -0.920. The van der Waals surface area contributed by atoms with E-state index in [2.05, 4.69) is 26.8 Å². The maximum absolute atomic E-state index is 12.3. The summed E-state index contributed by atoms with van der Waals surface area (Å²) in [4.78, 5) is 23.3. The number of Topliss-reactive ketones (excluding diaryl/α,β-unsaturated/α-hetero) is 1. The summed E-state index contributed by atoms with van der Waals surface area (Å²) in [7, 11) is 0. The highest BCUT2D eigenvalue weighted by atomic mass is 16.1. The molecule has 1 fully saturated rings. The second-order valence-corrected chi connectivity index (χ2v) is 6.17. The van der Waals surface area contributed by atoms with Gasteiger partial charge in [-0.3, -0.25) is 9.59 Å². The lowest BCUT2D eigenvalue weighted by molar-refractivity contribution is -0.129. The van der Waals surface area contributed by atoms with Gasteiger partial charge >= 0.3 is 0 Å². The molecule has 0 heterocycles. The first-order valence-electron chi connectivity index (χ1n) is 6.68. The third-order valence-electron chi connectivity index (χ3n) is 4.87. The van der Waals surface area contributed by atoms with Crippen molar-refractivity contribution in [3.8, 4) is 0 Å². The number of fused-ring (bicyclic) bond motifs is 1. The van der Waals surface area contributed by atoms with Crippen molar-refractivity contribution in [3.05, 3.63) is 11.6 Å². The monoisotopic (exact) mass is 234 g/mol. The Bertz CT molecular complexity index is 367. The number of carbonyl (C=O) groups is 2. The molecule has 0 N–H and O–H groups in total. The SMILES string of the molecule is CC(C)[C@H]1CC[C@]2(C)C(=O)CCC(C=O)=C[C@H]12. The van der Waals surface area contributed by atoms with Gasteiger partial charge in [0.25, 0.3) is 0 Å². The van der Waals surface area contributed by atoms with Crippen molar-refractivity contribution < 1.29 is 9.59 Å². The maximum atomic E-state index is 12.3. The summed E-state index contributed by atoms with van der Waals surface area (Å²) in [6, 6.07) is 0. The van der Waals surface area contributed by atoms with E-state index in [1.807, 2.05) is 0 Å². The molecule has 2 rings (SSSR count). The highest BCUT2D eigenvalue weighted by Crippen LogP contribution is 2.52. The fraction of sp³-hybridized carbons (Fsp3) is 0.733. The van der Waals surface area contributed by atoms with Gasteiger partial charge in [0.1, 0.15) is 12.1 Å². The predicted octanol–water partition coefficient (Wildman–Crippen LogP) is 3.16. The van der Waals surface area contributed by atoms with Crippen LogP contribution in [0.5, 0.6) is 0 Å². The molecule has 0 aromatic rings. The van der Waals surface area contributed by atoms with Crippen LogP contribution in [0.25, 0.3) is 0 Å². The molecule has 0 aromatic heterocycles. The second-order valence-electron chi connectivity index (χ2n) is 6.17. The van der Waals surface area contributed by atoms with Crippen LogP contribution in [0.3, 0.4) is 0 Å². The molecule has 0 bridgehead atoms. The van der Waals surface area contributed by atoms with Gasteiger partial charge in [-0.1, -0.05) is 26.8 Å². The summed E-state index contributed by atoms with van der Waals surface area (Å²) in [5, 5.41) is 0. The van der Waals surface area contributed by atoms with Crippen LogP contribution in [-0.4, -0.2) is 12.1 Å². The number of rotatable bonds is 2. The van der Waals surface area contributed by atoms with E-state index >= 15 is 0 Å². The van der Waals surface area contributed by atoms with Gasteiger partial charge in [-0.25, -0.2) is 0 Å². The van der Waals surface area contributed by atoms with Crippen LogP contribution in [0.4, 0.5) is 0 Å². The summed E-state index contributed by atoms with van der Waals surface area (Å²) < 4.78 is 0. The third kappa shape index (κ3) is 1.98. The number of aldehydes is 1. The van der Waals surface area contributed by atoms with Gasteiger partial charge in [-0.05, 0) is 42.6 Å². The molecular formula is C15H22O2. The van der Waals surface area contributed by atoms with Crippen LogP contribution in [-0.2, 0) is 9.59 Å². The number of allylic oxidation sites excluding steroid dienone is 2. The van der Waals surface area contributed by atoms with Crippen LogP contribution >= 0.6 is 0 Å². The zero-order valence-electron chi connectivity index (χ0n) is 11.0. The molecule has 0 spiro atoms. The van der Waals surface area contributed by atoms with E-state index in [0.717, 1.165) is 24.7 Å².